The first-order valence-corrected chi connectivity index (χ1v) is 6.74. The van der Waals surface area contributed by atoms with E-state index in [2.05, 4.69) is 10.3 Å². The molecule has 5 heteroatoms. The summed E-state index contributed by atoms with van der Waals surface area (Å²) in [4.78, 5) is 4.24. The third kappa shape index (κ3) is 2.65. The first kappa shape index (κ1) is 14.1. The number of fused-ring (bicyclic) bond motifs is 1. The minimum Gasteiger partial charge on any atom is -0.497 e. The Morgan fingerprint density at radius 1 is 0.955 bits per heavy atom. The van der Waals surface area contributed by atoms with E-state index in [-0.39, 0.29) is 5.82 Å². The van der Waals surface area contributed by atoms with E-state index >= 15 is 0 Å². The second-order valence-electron chi connectivity index (χ2n) is 4.71. The Morgan fingerprint density at radius 3 is 2.59 bits per heavy atom. The van der Waals surface area contributed by atoms with Crippen molar-refractivity contribution in [1.82, 2.24) is 4.98 Å². The lowest BCUT2D eigenvalue weighted by atomic mass is 10.1. The van der Waals surface area contributed by atoms with Crippen LogP contribution in [0.3, 0.4) is 0 Å². The zero-order chi connectivity index (χ0) is 15.5. The zero-order valence-corrected chi connectivity index (χ0v) is 12.3. The minimum absolute atomic E-state index is 0.301. The van der Waals surface area contributed by atoms with E-state index in [1.807, 2.05) is 12.1 Å². The number of ether oxygens (including phenoxy) is 2. The van der Waals surface area contributed by atoms with E-state index in [4.69, 9.17) is 9.47 Å². The molecule has 0 aliphatic carbocycles. The maximum atomic E-state index is 13.5. The molecule has 1 N–H and O–H groups in total. The van der Waals surface area contributed by atoms with Crippen molar-refractivity contribution in [3.8, 4) is 11.5 Å². The molecule has 22 heavy (non-hydrogen) atoms. The van der Waals surface area contributed by atoms with Crippen molar-refractivity contribution >= 4 is 22.3 Å². The van der Waals surface area contributed by atoms with Crippen molar-refractivity contribution in [3.05, 3.63) is 54.5 Å². The largest absolute Gasteiger partial charge is 0.497 e. The van der Waals surface area contributed by atoms with E-state index in [1.165, 1.54) is 12.1 Å². The molecule has 3 aromatic rings. The molecule has 0 saturated heterocycles. The molecular weight excluding hydrogens is 283 g/mol. The number of benzene rings is 2. The molecule has 2 aromatic carbocycles. The SMILES string of the molecule is COc1ccc(Nc2ccnc3ccc(F)cc23)c(OC)c1. The van der Waals surface area contributed by atoms with Gasteiger partial charge in [0.2, 0.25) is 0 Å². The Morgan fingerprint density at radius 2 is 1.82 bits per heavy atom. The summed E-state index contributed by atoms with van der Waals surface area (Å²) < 4.78 is 24.0. The van der Waals surface area contributed by atoms with Gasteiger partial charge in [0, 0.05) is 23.3 Å². The van der Waals surface area contributed by atoms with Crippen molar-refractivity contribution in [2.24, 2.45) is 0 Å². The second-order valence-corrected chi connectivity index (χ2v) is 4.71. The highest BCUT2D eigenvalue weighted by Gasteiger charge is 2.08. The number of rotatable bonds is 4. The lowest BCUT2D eigenvalue weighted by molar-refractivity contribution is 0.395. The van der Waals surface area contributed by atoms with E-state index in [1.54, 1.807) is 38.6 Å². The second kappa shape index (κ2) is 5.89. The predicted molar refractivity (Wildman–Crippen MR) is 84.5 cm³/mol. The van der Waals surface area contributed by atoms with Gasteiger partial charge in [-0.15, -0.1) is 0 Å². The third-order valence-corrected chi connectivity index (χ3v) is 3.38. The molecule has 0 atom stereocenters. The van der Waals surface area contributed by atoms with Gasteiger partial charge in [-0.05, 0) is 36.4 Å². The molecule has 0 fully saturated rings. The molecule has 0 aliphatic rings. The number of nitrogens with zero attached hydrogens (tertiary/aromatic N) is 1. The quantitative estimate of drug-likeness (QED) is 0.786. The van der Waals surface area contributed by atoms with Crippen LogP contribution in [0.25, 0.3) is 10.9 Å². The predicted octanol–water partition coefficient (Wildman–Crippen LogP) is 4.13. The fraction of sp³-hybridized carbons (Fsp3) is 0.118. The van der Waals surface area contributed by atoms with Gasteiger partial charge in [-0.3, -0.25) is 4.98 Å². The maximum Gasteiger partial charge on any atom is 0.145 e. The smallest absolute Gasteiger partial charge is 0.145 e. The monoisotopic (exact) mass is 298 g/mol. The molecule has 112 valence electrons. The molecule has 0 saturated carbocycles. The summed E-state index contributed by atoms with van der Waals surface area (Å²) in [5.74, 6) is 1.04. The highest BCUT2D eigenvalue weighted by molar-refractivity contribution is 5.93. The number of pyridine rings is 1. The molecule has 3 rings (SSSR count). The van der Waals surface area contributed by atoms with Crippen LogP contribution in [-0.4, -0.2) is 19.2 Å². The Labute approximate surface area is 127 Å². The third-order valence-electron chi connectivity index (χ3n) is 3.38. The van der Waals surface area contributed by atoms with Crippen LogP contribution < -0.4 is 14.8 Å². The average Bonchev–Trinajstić information content (AvgIpc) is 2.55. The van der Waals surface area contributed by atoms with Gasteiger partial charge in [-0.25, -0.2) is 4.39 Å². The molecule has 0 aliphatic heterocycles. The molecule has 0 radical (unpaired) electrons. The number of halogens is 1. The first-order chi connectivity index (χ1) is 10.7. The van der Waals surface area contributed by atoms with Crippen molar-refractivity contribution < 1.29 is 13.9 Å². The van der Waals surface area contributed by atoms with Crippen LogP contribution in [0.5, 0.6) is 11.5 Å². The lowest BCUT2D eigenvalue weighted by Gasteiger charge is -2.14. The standard InChI is InChI=1S/C17H15FN2O2/c1-21-12-4-6-16(17(10-12)22-2)20-15-7-8-19-14-5-3-11(18)9-13(14)15/h3-10H,1-2H3,(H,19,20). The van der Waals surface area contributed by atoms with Gasteiger partial charge < -0.3 is 14.8 Å². The lowest BCUT2D eigenvalue weighted by Crippen LogP contribution is -1.97. The van der Waals surface area contributed by atoms with Crippen molar-refractivity contribution in [2.75, 3.05) is 19.5 Å². The van der Waals surface area contributed by atoms with Gasteiger partial charge in [-0.1, -0.05) is 0 Å². The Bertz CT molecular complexity index is 821. The molecule has 4 nitrogen and oxygen atoms in total. The van der Waals surface area contributed by atoms with E-state index in [9.17, 15) is 4.39 Å². The number of hydrogen-bond acceptors (Lipinski definition) is 4. The Balaban J connectivity index is 2.05. The Kier molecular flexibility index (Phi) is 3.78. The van der Waals surface area contributed by atoms with Crippen LogP contribution in [0, 0.1) is 5.82 Å². The molecule has 0 spiro atoms. The van der Waals surface area contributed by atoms with Crippen LogP contribution in [0.1, 0.15) is 0 Å². The summed E-state index contributed by atoms with van der Waals surface area (Å²) in [6.07, 6.45) is 1.68. The fourth-order valence-corrected chi connectivity index (χ4v) is 2.27. The molecule has 0 amide bonds. The van der Waals surface area contributed by atoms with Crippen molar-refractivity contribution in [3.63, 3.8) is 0 Å². The normalized spacial score (nSPS) is 10.5. The van der Waals surface area contributed by atoms with Crippen molar-refractivity contribution in [1.29, 1.82) is 0 Å². The van der Waals surface area contributed by atoms with Gasteiger partial charge in [0.15, 0.2) is 0 Å². The van der Waals surface area contributed by atoms with Gasteiger partial charge in [-0.2, -0.15) is 0 Å². The highest BCUT2D eigenvalue weighted by atomic mass is 19.1. The highest BCUT2D eigenvalue weighted by Crippen LogP contribution is 2.33. The zero-order valence-electron chi connectivity index (χ0n) is 12.3. The van der Waals surface area contributed by atoms with Crippen LogP contribution in [-0.2, 0) is 0 Å². The van der Waals surface area contributed by atoms with Gasteiger partial charge >= 0.3 is 0 Å². The summed E-state index contributed by atoms with van der Waals surface area (Å²) in [6, 6.07) is 11.8. The maximum absolute atomic E-state index is 13.5. The fourth-order valence-electron chi connectivity index (χ4n) is 2.27. The van der Waals surface area contributed by atoms with Crippen LogP contribution in [0.4, 0.5) is 15.8 Å². The number of aromatic nitrogens is 1. The van der Waals surface area contributed by atoms with Gasteiger partial charge in [0.1, 0.15) is 17.3 Å². The van der Waals surface area contributed by atoms with Crippen molar-refractivity contribution in [2.45, 2.75) is 0 Å². The molecular formula is C17H15FN2O2. The number of anilines is 2. The topological polar surface area (TPSA) is 43.4 Å². The summed E-state index contributed by atoms with van der Waals surface area (Å²) in [5.41, 5.74) is 2.24. The first-order valence-electron chi connectivity index (χ1n) is 6.74. The van der Waals surface area contributed by atoms with Crippen LogP contribution in [0.2, 0.25) is 0 Å². The number of hydrogen-bond donors (Lipinski definition) is 1. The Hall–Kier alpha value is -2.82. The summed E-state index contributed by atoms with van der Waals surface area (Å²) in [5, 5.41) is 3.97. The van der Waals surface area contributed by atoms with Crippen LogP contribution in [0.15, 0.2) is 48.7 Å². The summed E-state index contributed by atoms with van der Waals surface area (Å²) in [6.45, 7) is 0. The number of nitrogens with one attached hydrogen (secondary N) is 1. The van der Waals surface area contributed by atoms with E-state index in [0.29, 0.717) is 16.9 Å². The summed E-state index contributed by atoms with van der Waals surface area (Å²) in [7, 11) is 3.19. The molecule has 0 unspecified atom stereocenters. The molecule has 1 heterocycles. The van der Waals surface area contributed by atoms with Crippen LogP contribution >= 0.6 is 0 Å². The average molecular weight is 298 g/mol. The van der Waals surface area contributed by atoms with E-state index < -0.39 is 0 Å². The molecule has 0 bridgehead atoms. The van der Waals surface area contributed by atoms with Gasteiger partial charge in [0.25, 0.3) is 0 Å². The number of methoxy groups -OCH3 is 2. The summed E-state index contributed by atoms with van der Waals surface area (Å²) >= 11 is 0. The molecule has 1 aromatic heterocycles. The minimum atomic E-state index is -0.301. The van der Waals surface area contributed by atoms with E-state index in [0.717, 1.165) is 16.9 Å². The van der Waals surface area contributed by atoms with Gasteiger partial charge in [0.05, 0.1) is 25.4 Å².